The van der Waals surface area contributed by atoms with E-state index in [1.807, 2.05) is 25.1 Å². The number of methoxy groups -OCH3 is 2. The fourth-order valence-corrected chi connectivity index (χ4v) is 1.79. The van der Waals surface area contributed by atoms with E-state index < -0.39 is 0 Å². The molecular weight excluding hydrogens is 218 g/mol. The summed E-state index contributed by atoms with van der Waals surface area (Å²) in [6.07, 6.45) is 0. The van der Waals surface area contributed by atoms with Gasteiger partial charge in [0.05, 0.1) is 19.8 Å². The number of aryl methyl sites for hydroxylation is 1. The third-order valence-corrected chi connectivity index (χ3v) is 2.56. The molecule has 0 saturated heterocycles. The topological polar surface area (TPSA) is 48.4 Å². The Morgan fingerprint density at radius 2 is 2.06 bits per heavy atom. The van der Waals surface area contributed by atoms with Crippen molar-refractivity contribution in [2.24, 2.45) is 0 Å². The maximum atomic E-state index is 11.7. The Labute approximate surface area is 99.2 Å². The van der Waals surface area contributed by atoms with Crippen molar-refractivity contribution in [3.63, 3.8) is 0 Å². The molecular formula is C13H13NO3. The Morgan fingerprint density at radius 1 is 1.29 bits per heavy atom. The van der Waals surface area contributed by atoms with E-state index in [9.17, 15) is 4.79 Å². The van der Waals surface area contributed by atoms with Gasteiger partial charge in [-0.1, -0.05) is 12.1 Å². The van der Waals surface area contributed by atoms with Gasteiger partial charge in [0.1, 0.15) is 11.3 Å². The van der Waals surface area contributed by atoms with Crippen LogP contribution >= 0.6 is 0 Å². The zero-order chi connectivity index (χ0) is 12.4. The molecule has 0 atom stereocenters. The first kappa shape index (κ1) is 11.4. The van der Waals surface area contributed by atoms with Crippen LogP contribution in [0.4, 0.5) is 0 Å². The molecule has 0 aliphatic rings. The molecule has 17 heavy (non-hydrogen) atoms. The number of nitrogens with zero attached hydrogens (tertiary/aromatic N) is 1. The fraction of sp³-hybridized carbons (Fsp3) is 0.231. The molecule has 4 heteroatoms. The molecule has 1 aromatic heterocycles. The summed E-state index contributed by atoms with van der Waals surface area (Å²) in [5, 5.41) is 0.738. The lowest BCUT2D eigenvalue weighted by Crippen LogP contribution is -2.04. The second kappa shape index (κ2) is 4.41. The standard InChI is InChI=1S/C13H13NO3/c1-8-7-10(13(15)17-3)9-5-4-6-11(16-2)12(9)14-8/h4-7H,1-3H3. The molecule has 0 aliphatic heterocycles. The molecule has 0 saturated carbocycles. The van der Waals surface area contributed by atoms with E-state index in [0.717, 1.165) is 11.1 Å². The zero-order valence-corrected chi connectivity index (χ0v) is 9.98. The molecule has 0 amide bonds. The lowest BCUT2D eigenvalue weighted by molar-refractivity contribution is 0.0603. The highest BCUT2D eigenvalue weighted by Gasteiger charge is 2.14. The largest absolute Gasteiger partial charge is 0.494 e. The second-order valence-electron chi connectivity index (χ2n) is 3.66. The SMILES string of the molecule is COC(=O)c1cc(C)nc2c(OC)cccc12. The smallest absolute Gasteiger partial charge is 0.338 e. The van der Waals surface area contributed by atoms with Gasteiger partial charge in [0.2, 0.25) is 0 Å². The number of pyridine rings is 1. The number of carbonyl (C=O) groups is 1. The van der Waals surface area contributed by atoms with Crippen LogP contribution in [-0.4, -0.2) is 25.2 Å². The number of fused-ring (bicyclic) bond motifs is 1. The van der Waals surface area contributed by atoms with Gasteiger partial charge in [-0.15, -0.1) is 0 Å². The Balaban J connectivity index is 2.81. The minimum absolute atomic E-state index is 0.367. The molecule has 1 heterocycles. The van der Waals surface area contributed by atoms with Crippen LogP contribution in [0.15, 0.2) is 24.3 Å². The second-order valence-corrected chi connectivity index (χ2v) is 3.66. The molecule has 1 aromatic carbocycles. The molecule has 0 bridgehead atoms. The molecule has 0 aliphatic carbocycles. The van der Waals surface area contributed by atoms with Crippen LogP contribution in [0.5, 0.6) is 5.75 Å². The van der Waals surface area contributed by atoms with Gasteiger partial charge >= 0.3 is 5.97 Å². The molecule has 2 aromatic rings. The maximum Gasteiger partial charge on any atom is 0.338 e. The number of ether oxygens (including phenoxy) is 2. The summed E-state index contributed by atoms with van der Waals surface area (Å²) in [7, 11) is 2.95. The molecule has 0 unspecified atom stereocenters. The van der Waals surface area contributed by atoms with E-state index in [0.29, 0.717) is 16.8 Å². The van der Waals surface area contributed by atoms with Gasteiger partial charge in [-0.2, -0.15) is 0 Å². The summed E-state index contributed by atoms with van der Waals surface area (Å²) in [6, 6.07) is 7.19. The maximum absolute atomic E-state index is 11.7. The number of hydrogen-bond acceptors (Lipinski definition) is 4. The van der Waals surface area contributed by atoms with Crippen LogP contribution in [-0.2, 0) is 4.74 Å². The highest BCUT2D eigenvalue weighted by Crippen LogP contribution is 2.27. The zero-order valence-electron chi connectivity index (χ0n) is 9.98. The lowest BCUT2D eigenvalue weighted by atomic mass is 10.1. The van der Waals surface area contributed by atoms with Gasteiger partial charge in [-0.3, -0.25) is 0 Å². The van der Waals surface area contributed by atoms with Crippen LogP contribution in [0.2, 0.25) is 0 Å². The number of aromatic nitrogens is 1. The van der Waals surface area contributed by atoms with Crippen molar-refractivity contribution in [2.75, 3.05) is 14.2 Å². The van der Waals surface area contributed by atoms with Gasteiger partial charge < -0.3 is 9.47 Å². The summed E-state index contributed by atoms with van der Waals surface area (Å²) >= 11 is 0. The number of benzene rings is 1. The highest BCUT2D eigenvalue weighted by atomic mass is 16.5. The minimum Gasteiger partial charge on any atom is -0.494 e. The predicted molar refractivity (Wildman–Crippen MR) is 64.4 cm³/mol. The normalized spacial score (nSPS) is 10.3. The first-order valence-electron chi connectivity index (χ1n) is 5.20. The number of para-hydroxylation sites is 1. The highest BCUT2D eigenvalue weighted by molar-refractivity contribution is 6.04. The lowest BCUT2D eigenvalue weighted by Gasteiger charge is -2.09. The minimum atomic E-state index is -0.367. The van der Waals surface area contributed by atoms with Crippen molar-refractivity contribution in [3.8, 4) is 5.75 Å². The summed E-state index contributed by atoms with van der Waals surface area (Å²) in [5.74, 6) is 0.283. The molecule has 0 radical (unpaired) electrons. The summed E-state index contributed by atoms with van der Waals surface area (Å²) < 4.78 is 10.0. The predicted octanol–water partition coefficient (Wildman–Crippen LogP) is 2.34. The monoisotopic (exact) mass is 231 g/mol. The van der Waals surface area contributed by atoms with E-state index in [1.54, 1.807) is 13.2 Å². The Kier molecular flexibility index (Phi) is 2.95. The van der Waals surface area contributed by atoms with Crippen molar-refractivity contribution in [1.82, 2.24) is 4.98 Å². The van der Waals surface area contributed by atoms with Crippen LogP contribution in [0.1, 0.15) is 16.1 Å². The molecule has 0 spiro atoms. The van der Waals surface area contributed by atoms with E-state index in [-0.39, 0.29) is 5.97 Å². The van der Waals surface area contributed by atoms with Crippen LogP contribution in [0.25, 0.3) is 10.9 Å². The van der Waals surface area contributed by atoms with E-state index in [1.165, 1.54) is 7.11 Å². The summed E-state index contributed by atoms with van der Waals surface area (Å²) in [4.78, 5) is 16.1. The van der Waals surface area contributed by atoms with Gasteiger partial charge in [0.25, 0.3) is 0 Å². The van der Waals surface area contributed by atoms with Crippen molar-refractivity contribution in [3.05, 3.63) is 35.5 Å². The molecule has 2 rings (SSSR count). The third kappa shape index (κ3) is 1.93. The van der Waals surface area contributed by atoms with Crippen LogP contribution < -0.4 is 4.74 Å². The summed E-state index contributed by atoms with van der Waals surface area (Å²) in [5.41, 5.74) is 1.94. The van der Waals surface area contributed by atoms with Crippen molar-refractivity contribution in [2.45, 2.75) is 6.92 Å². The average Bonchev–Trinajstić information content (AvgIpc) is 2.36. The fourth-order valence-electron chi connectivity index (χ4n) is 1.79. The van der Waals surface area contributed by atoms with E-state index in [2.05, 4.69) is 4.98 Å². The van der Waals surface area contributed by atoms with E-state index in [4.69, 9.17) is 9.47 Å². The first-order chi connectivity index (χ1) is 8.17. The van der Waals surface area contributed by atoms with Crippen molar-refractivity contribution in [1.29, 1.82) is 0 Å². The number of hydrogen-bond donors (Lipinski definition) is 0. The van der Waals surface area contributed by atoms with Gasteiger partial charge in [-0.25, -0.2) is 9.78 Å². The Morgan fingerprint density at radius 3 is 2.71 bits per heavy atom. The number of carbonyl (C=O) groups excluding carboxylic acids is 1. The van der Waals surface area contributed by atoms with Gasteiger partial charge in [0.15, 0.2) is 0 Å². The van der Waals surface area contributed by atoms with Crippen molar-refractivity contribution >= 4 is 16.9 Å². The van der Waals surface area contributed by atoms with Gasteiger partial charge in [0, 0.05) is 11.1 Å². The van der Waals surface area contributed by atoms with Crippen molar-refractivity contribution < 1.29 is 14.3 Å². The van der Waals surface area contributed by atoms with Crippen LogP contribution in [0, 0.1) is 6.92 Å². The molecule has 4 nitrogen and oxygen atoms in total. The Bertz CT molecular complexity index is 578. The molecule has 0 fully saturated rings. The Hall–Kier alpha value is -2.10. The molecule has 88 valence electrons. The number of rotatable bonds is 2. The quantitative estimate of drug-likeness (QED) is 0.744. The third-order valence-electron chi connectivity index (χ3n) is 2.56. The number of esters is 1. The average molecular weight is 231 g/mol. The van der Waals surface area contributed by atoms with Crippen LogP contribution in [0.3, 0.4) is 0 Å². The van der Waals surface area contributed by atoms with E-state index >= 15 is 0 Å². The first-order valence-corrected chi connectivity index (χ1v) is 5.20. The van der Waals surface area contributed by atoms with Gasteiger partial charge in [-0.05, 0) is 19.1 Å². The molecule has 0 N–H and O–H groups in total. The summed E-state index contributed by atoms with van der Waals surface area (Å²) in [6.45, 7) is 1.83.